The van der Waals surface area contributed by atoms with Crippen LogP contribution in [0.4, 0.5) is 4.39 Å². The third-order valence-corrected chi connectivity index (χ3v) is 9.45. The molecule has 4 heterocycles. The number of nitrogens with one attached hydrogen (secondary N) is 1. The number of aromatic nitrogens is 3. The van der Waals surface area contributed by atoms with Crippen molar-refractivity contribution in [1.82, 2.24) is 19.3 Å². The predicted molar refractivity (Wildman–Crippen MR) is 135 cm³/mol. The van der Waals surface area contributed by atoms with Crippen LogP contribution >= 0.6 is 11.3 Å². The Bertz CT molecular complexity index is 1460. The molecule has 1 fully saturated rings. The minimum Gasteiger partial charge on any atom is -0.346 e. The summed E-state index contributed by atoms with van der Waals surface area (Å²) in [5, 5.41) is 1.81. The van der Waals surface area contributed by atoms with Gasteiger partial charge in [0.25, 0.3) is 0 Å². The summed E-state index contributed by atoms with van der Waals surface area (Å²) in [6, 6.07) is 8.82. The van der Waals surface area contributed by atoms with Crippen molar-refractivity contribution in [1.29, 1.82) is 0 Å². The quantitative estimate of drug-likeness (QED) is 0.382. The van der Waals surface area contributed by atoms with Gasteiger partial charge in [0.15, 0.2) is 0 Å². The molecule has 9 heteroatoms. The smallest absolute Gasteiger partial charge is 0.218 e. The van der Waals surface area contributed by atoms with Gasteiger partial charge >= 0.3 is 0 Å². The Morgan fingerprint density at radius 1 is 1.12 bits per heavy atom. The summed E-state index contributed by atoms with van der Waals surface area (Å²) in [7, 11) is -3.57. The van der Waals surface area contributed by atoms with Crippen LogP contribution in [0.25, 0.3) is 32.7 Å². The van der Waals surface area contributed by atoms with Gasteiger partial charge in [0.1, 0.15) is 11.5 Å². The number of hydrogen-bond acceptors (Lipinski definition) is 5. The van der Waals surface area contributed by atoms with Crippen molar-refractivity contribution < 1.29 is 12.8 Å². The fraction of sp³-hybridized carbons (Fsp3) is 0.360. The van der Waals surface area contributed by atoms with Crippen LogP contribution < -0.4 is 0 Å². The molecule has 1 saturated heterocycles. The van der Waals surface area contributed by atoms with Crippen molar-refractivity contribution in [3.8, 4) is 21.7 Å². The molecule has 3 aromatic heterocycles. The second-order valence-electron chi connectivity index (χ2n) is 9.69. The Morgan fingerprint density at radius 2 is 1.88 bits per heavy atom. The van der Waals surface area contributed by atoms with E-state index in [1.807, 2.05) is 18.3 Å². The highest BCUT2D eigenvalue weighted by molar-refractivity contribution is 7.88. The van der Waals surface area contributed by atoms with Gasteiger partial charge in [-0.1, -0.05) is 32.9 Å². The Morgan fingerprint density at radius 3 is 2.62 bits per heavy atom. The molecular weight excluding hydrogens is 471 g/mol. The maximum absolute atomic E-state index is 15.9. The highest BCUT2D eigenvalue weighted by Gasteiger charge is 2.29. The van der Waals surface area contributed by atoms with Gasteiger partial charge in [-0.15, -0.1) is 11.3 Å². The van der Waals surface area contributed by atoms with E-state index in [0.717, 1.165) is 39.3 Å². The van der Waals surface area contributed by atoms with Gasteiger partial charge in [-0.2, -0.15) is 0 Å². The van der Waals surface area contributed by atoms with Crippen LogP contribution in [-0.4, -0.2) is 40.8 Å². The number of sulfonamides is 1. The van der Waals surface area contributed by atoms with E-state index in [-0.39, 0.29) is 16.7 Å². The maximum atomic E-state index is 15.9. The van der Waals surface area contributed by atoms with Crippen LogP contribution in [0.3, 0.4) is 0 Å². The normalized spacial score (nSPS) is 15.4. The number of benzene rings is 1. The van der Waals surface area contributed by atoms with E-state index >= 15 is 4.39 Å². The summed E-state index contributed by atoms with van der Waals surface area (Å²) in [5.41, 5.74) is 2.46. The molecule has 1 aliphatic heterocycles. The number of rotatable bonds is 5. The molecule has 6 nitrogen and oxygen atoms in total. The van der Waals surface area contributed by atoms with Gasteiger partial charge < -0.3 is 4.98 Å². The average molecular weight is 499 g/mol. The van der Waals surface area contributed by atoms with Crippen LogP contribution in [0, 0.1) is 5.82 Å². The van der Waals surface area contributed by atoms with E-state index in [4.69, 9.17) is 4.98 Å². The van der Waals surface area contributed by atoms with Crippen molar-refractivity contribution >= 4 is 32.4 Å². The van der Waals surface area contributed by atoms with Gasteiger partial charge in [-0.25, -0.2) is 27.1 Å². The summed E-state index contributed by atoms with van der Waals surface area (Å²) < 4.78 is 43.1. The molecule has 0 saturated carbocycles. The van der Waals surface area contributed by atoms with Crippen LogP contribution in [-0.2, 0) is 21.2 Å². The van der Waals surface area contributed by atoms with E-state index in [1.54, 1.807) is 24.4 Å². The number of H-pyrrole nitrogens is 1. The molecule has 0 unspecified atom stereocenters. The van der Waals surface area contributed by atoms with Gasteiger partial charge in [-0.3, -0.25) is 0 Å². The highest BCUT2D eigenvalue weighted by atomic mass is 32.2. The van der Waals surface area contributed by atoms with Gasteiger partial charge in [0.2, 0.25) is 10.0 Å². The lowest BCUT2D eigenvalue weighted by Crippen LogP contribution is -2.29. The summed E-state index contributed by atoms with van der Waals surface area (Å²) in [5.74, 6) is -0.882. The fourth-order valence-corrected chi connectivity index (χ4v) is 7.08. The average Bonchev–Trinajstić information content (AvgIpc) is 3.54. The first-order chi connectivity index (χ1) is 16.1. The summed E-state index contributed by atoms with van der Waals surface area (Å²) in [4.78, 5) is 13.2. The molecule has 4 aromatic rings. The minimum absolute atomic E-state index is 0.169. The molecular formula is C25H27FN4O2S2. The number of nitrogens with zero attached hydrogens (tertiary/aromatic N) is 3. The van der Waals surface area contributed by atoms with Gasteiger partial charge in [0.05, 0.1) is 21.3 Å². The number of thiazole rings is 1. The molecule has 0 aliphatic carbocycles. The molecule has 1 aromatic carbocycles. The van der Waals surface area contributed by atoms with E-state index in [2.05, 4.69) is 30.7 Å². The van der Waals surface area contributed by atoms with Gasteiger partial charge in [0, 0.05) is 53.0 Å². The van der Waals surface area contributed by atoms with Crippen LogP contribution in [0.2, 0.25) is 0 Å². The number of aromatic amines is 1. The zero-order chi connectivity index (χ0) is 24.1. The molecule has 0 bridgehead atoms. The van der Waals surface area contributed by atoms with E-state index < -0.39 is 15.8 Å². The van der Waals surface area contributed by atoms with E-state index in [0.29, 0.717) is 24.3 Å². The third kappa shape index (κ3) is 4.16. The second-order valence-corrected chi connectivity index (χ2v) is 12.7. The van der Waals surface area contributed by atoms with Crippen LogP contribution in [0.15, 0.2) is 42.7 Å². The molecule has 34 heavy (non-hydrogen) atoms. The second kappa shape index (κ2) is 8.55. The maximum Gasteiger partial charge on any atom is 0.218 e. The van der Waals surface area contributed by atoms with Crippen molar-refractivity contribution in [3.63, 3.8) is 0 Å². The standard InChI is InChI=1S/C25H27FN4O2S2/c1-25(2,3)24-29-21(22(33-24)17-9-11-27-23-18(17)10-12-28-23)19-8-6-7-16(20(19)26)15-34(31,32)30-13-4-5-14-30/h6-12H,4-5,13-15H2,1-3H3,(H,27,28). The Balaban J connectivity index is 1.65. The van der Waals surface area contributed by atoms with Crippen molar-refractivity contribution in [2.24, 2.45) is 0 Å². The number of pyridine rings is 1. The Labute approximate surface area is 202 Å². The molecule has 1 aliphatic rings. The zero-order valence-corrected chi connectivity index (χ0v) is 21.1. The van der Waals surface area contributed by atoms with Crippen molar-refractivity contribution in [2.45, 2.75) is 44.8 Å². The fourth-order valence-electron chi connectivity index (χ4n) is 4.29. The molecule has 0 radical (unpaired) electrons. The number of halogens is 1. The molecule has 1 N–H and O–H groups in total. The van der Waals surface area contributed by atoms with Crippen molar-refractivity contribution in [3.05, 3.63) is 59.1 Å². The Kier molecular flexibility index (Phi) is 5.82. The molecule has 0 atom stereocenters. The van der Waals surface area contributed by atoms with E-state index in [9.17, 15) is 8.42 Å². The summed E-state index contributed by atoms with van der Waals surface area (Å²) >= 11 is 1.53. The van der Waals surface area contributed by atoms with E-state index in [1.165, 1.54) is 15.6 Å². The topological polar surface area (TPSA) is 79.0 Å². The first-order valence-corrected chi connectivity index (χ1v) is 13.8. The molecule has 5 rings (SSSR count). The third-order valence-electron chi connectivity index (χ3n) is 6.10. The molecule has 0 amide bonds. The molecule has 0 spiro atoms. The largest absolute Gasteiger partial charge is 0.346 e. The lowest BCUT2D eigenvalue weighted by molar-refractivity contribution is 0.475. The van der Waals surface area contributed by atoms with Crippen molar-refractivity contribution in [2.75, 3.05) is 13.1 Å². The predicted octanol–water partition coefficient (Wildman–Crippen LogP) is 5.72. The lowest BCUT2D eigenvalue weighted by Gasteiger charge is -2.16. The Hall–Kier alpha value is -2.62. The highest BCUT2D eigenvalue weighted by Crippen LogP contribution is 2.43. The first kappa shape index (κ1) is 23.1. The summed E-state index contributed by atoms with van der Waals surface area (Å²) in [6.07, 6.45) is 5.25. The van der Waals surface area contributed by atoms with Crippen LogP contribution in [0.1, 0.15) is 44.2 Å². The summed E-state index contributed by atoms with van der Waals surface area (Å²) in [6.45, 7) is 7.24. The first-order valence-electron chi connectivity index (χ1n) is 11.3. The number of fused-ring (bicyclic) bond motifs is 1. The minimum atomic E-state index is -3.57. The molecule has 178 valence electrons. The zero-order valence-electron chi connectivity index (χ0n) is 19.4. The number of hydrogen-bond donors (Lipinski definition) is 1. The SMILES string of the molecule is CC(C)(C)c1nc(-c2cccc(CS(=O)(=O)N3CCCC3)c2F)c(-c2ccnc3[nH]ccc23)s1. The lowest BCUT2D eigenvalue weighted by atomic mass is 9.98. The van der Waals surface area contributed by atoms with Crippen LogP contribution in [0.5, 0.6) is 0 Å². The monoisotopic (exact) mass is 498 g/mol. The van der Waals surface area contributed by atoms with Gasteiger partial charge in [-0.05, 0) is 31.0 Å².